The lowest BCUT2D eigenvalue weighted by atomic mass is 10.1. The summed E-state index contributed by atoms with van der Waals surface area (Å²) in [6.07, 6.45) is 0.436. The van der Waals surface area contributed by atoms with Crippen molar-refractivity contribution in [2.45, 2.75) is 26.1 Å². The molecule has 0 amide bonds. The molecule has 0 saturated carbocycles. The Morgan fingerprint density at radius 2 is 2.00 bits per heavy atom. The van der Waals surface area contributed by atoms with Gasteiger partial charge in [0.1, 0.15) is 6.07 Å². The molecule has 1 aliphatic heterocycles. The van der Waals surface area contributed by atoms with Crippen molar-refractivity contribution in [2.75, 3.05) is 23.7 Å². The SMILES string of the molecule is C[C@@H]1CN(c2ccc(C#N)c(N)c2)C[C@H](C)O1. The summed E-state index contributed by atoms with van der Waals surface area (Å²) in [7, 11) is 0. The van der Waals surface area contributed by atoms with Crippen molar-refractivity contribution in [3.05, 3.63) is 23.8 Å². The largest absolute Gasteiger partial charge is 0.398 e. The van der Waals surface area contributed by atoms with E-state index in [4.69, 9.17) is 15.7 Å². The zero-order valence-electron chi connectivity index (χ0n) is 10.2. The highest BCUT2D eigenvalue weighted by Gasteiger charge is 2.22. The molecule has 1 heterocycles. The smallest absolute Gasteiger partial charge is 0.101 e. The molecule has 1 aromatic carbocycles. The van der Waals surface area contributed by atoms with Crippen LogP contribution in [0.25, 0.3) is 0 Å². The summed E-state index contributed by atoms with van der Waals surface area (Å²) in [5.41, 5.74) is 7.96. The van der Waals surface area contributed by atoms with Crippen LogP contribution >= 0.6 is 0 Å². The molecule has 0 aliphatic carbocycles. The van der Waals surface area contributed by atoms with Gasteiger partial charge in [-0.05, 0) is 32.0 Å². The van der Waals surface area contributed by atoms with E-state index in [-0.39, 0.29) is 12.2 Å². The quantitative estimate of drug-likeness (QED) is 0.748. The summed E-state index contributed by atoms with van der Waals surface area (Å²) < 4.78 is 5.69. The Labute approximate surface area is 102 Å². The summed E-state index contributed by atoms with van der Waals surface area (Å²) in [6.45, 7) is 5.84. The molecule has 0 unspecified atom stereocenters. The molecule has 1 fully saturated rings. The average molecular weight is 231 g/mol. The van der Waals surface area contributed by atoms with Crippen LogP contribution in [-0.4, -0.2) is 25.3 Å². The third kappa shape index (κ3) is 2.51. The lowest BCUT2D eigenvalue weighted by Gasteiger charge is -2.37. The lowest BCUT2D eigenvalue weighted by Crippen LogP contribution is -2.45. The molecule has 0 spiro atoms. The van der Waals surface area contributed by atoms with E-state index in [0.29, 0.717) is 11.3 Å². The summed E-state index contributed by atoms with van der Waals surface area (Å²) in [5, 5.41) is 8.84. The van der Waals surface area contributed by atoms with Gasteiger partial charge in [0, 0.05) is 18.8 Å². The van der Waals surface area contributed by atoms with Crippen LogP contribution in [0.15, 0.2) is 18.2 Å². The average Bonchev–Trinajstić information content (AvgIpc) is 2.27. The van der Waals surface area contributed by atoms with E-state index < -0.39 is 0 Å². The number of nitrogen functional groups attached to an aromatic ring is 1. The highest BCUT2D eigenvalue weighted by Crippen LogP contribution is 2.24. The number of nitrogens with two attached hydrogens (primary N) is 1. The van der Waals surface area contributed by atoms with Crippen LogP contribution < -0.4 is 10.6 Å². The molecule has 1 aromatic rings. The Hall–Kier alpha value is -1.73. The Balaban J connectivity index is 2.22. The van der Waals surface area contributed by atoms with E-state index in [9.17, 15) is 0 Å². The van der Waals surface area contributed by atoms with Gasteiger partial charge in [-0.15, -0.1) is 0 Å². The summed E-state index contributed by atoms with van der Waals surface area (Å²) >= 11 is 0. The van der Waals surface area contributed by atoms with Crippen LogP contribution in [0.5, 0.6) is 0 Å². The molecule has 0 aromatic heterocycles. The monoisotopic (exact) mass is 231 g/mol. The number of hydrogen-bond acceptors (Lipinski definition) is 4. The van der Waals surface area contributed by atoms with Crippen molar-refractivity contribution < 1.29 is 4.74 Å². The van der Waals surface area contributed by atoms with E-state index in [1.165, 1.54) is 0 Å². The van der Waals surface area contributed by atoms with Crippen LogP contribution in [0.2, 0.25) is 0 Å². The third-order valence-corrected chi connectivity index (χ3v) is 2.94. The molecule has 2 rings (SSSR count). The molecular weight excluding hydrogens is 214 g/mol. The molecular formula is C13H17N3O. The first kappa shape index (κ1) is 11.7. The first-order valence-corrected chi connectivity index (χ1v) is 5.80. The number of benzene rings is 1. The van der Waals surface area contributed by atoms with Crippen molar-refractivity contribution >= 4 is 11.4 Å². The molecule has 0 bridgehead atoms. The van der Waals surface area contributed by atoms with Crippen LogP contribution in [0.4, 0.5) is 11.4 Å². The zero-order valence-corrected chi connectivity index (χ0v) is 10.2. The summed E-state index contributed by atoms with van der Waals surface area (Å²) in [5.74, 6) is 0. The van der Waals surface area contributed by atoms with Crippen LogP contribution in [0.3, 0.4) is 0 Å². The van der Waals surface area contributed by atoms with Gasteiger partial charge in [-0.3, -0.25) is 0 Å². The van der Waals surface area contributed by atoms with E-state index in [2.05, 4.69) is 24.8 Å². The van der Waals surface area contributed by atoms with Crippen LogP contribution in [0.1, 0.15) is 19.4 Å². The number of rotatable bonds is 1. The highest BCUT2D eigenvalue weighted by atomic mass is 16.5. The zero-order chi connectivity index (χ0) is 12.4. The van der Waals surface area contributed by atoms with E-state index in [1.807, 2.05) is 12.1 Å². The van der Waals surface area contributed by atoms with Gasteiger partial charge in [0.05, 0.1) is 23.5 Å². The molecule has 4 heteroatoms. The summed E-state index contributed by atoms with van der Waals surface area (Å²) in [6, 6.07) is 7.66. The molecule has 4 nitrogen and oxygen atoms in total. The molecule has 1 aliphatic rings. The van der Waals surface area contributed by atoms with Gasteiger partial charge >= 0.3 is 0 Å². The fourth-order valence-corrected chi connectivity index (χ4v) is 2.24. The first-order chi connectivity index (χ1) is 8.10. The van der Waals surface area contributed by atoms with Crippen molar-refractivity contribution in [3.8, 4) is 6.07 Å². The standard InChI is InChI=1S/C13H17N3O/c1-9-7-16(8-10(2)17-9)12-4-3-11(6-14)13(15)5-12/h3-5,9-10H,7-8,15H2,1-2H3/t9-,10+. The molecule has 2 N–H and O–H groups in total. The molecule has 90 valence electrons. The van der Waals surface area contributed by atoms with Gasteiger partial charge < -0.3 is 15.4 Å². The second-order valence-corrected chi connectivity index (χ2v) is 4.55. The second-order valence-electron chi connectivity index (χ2n) is 4.55. The maximum absolute atomic E-state index is 8.84. The first-order valence-electron chi connectivity index (χ1n) is 5.80. The number of ether oxygens (including phenoxy) is 1. The fourth-order valence-electron chi connectivity index (χ4n) is 2.24. The van der Waals surface area contributed by atoms with Crippen LogP contribution in [0, 0.1) is 11.3 Å². The van der Waals surface area contributed by atoms with Gasteiger partial charge in [-0.2, -0.15) is 5.26 Å². The number of nitriles is 1. The predicted octanol–water partition coefficient (Wildman–Crippen LogP) is 1.75. The minimum Gasteiger partial charge on any atom is -0.398 e. The Bertz CT molecular complexity index is 442. The number of morpholine rings is 1. The molecule has 17 heavy (non-hydrogen) atoms. The predicted molar refractivity (Wildman–Crippen MR) is 67.8 cm³/mol. The van der Waals surface area contributed by atoms with Gasteiger partial charge in [-0.25, -0.2) is 0 Å². The second kappa shape index (κ2) is 4.64. The minimum absolute atomic E-state index is 0.218. The van der Waals surface area contributed by atoms with Crippen molar-refractivity contribution in [1.29, 1.82) is 5.26 Å². The van der Waals surface area contributed by atoms with Crippen molar-refractivity contribution in [1.82, 2.24) is 0 Å². The lowest BCUT2D eigenvalue weighted by molar-refractivity contribution is -0.00521. The van der Waals surface area contributed by atoms with Crippen LogP contribution in [-0.2, 0) is 4.74 Å². The van der Waals surface area contributed by atoms with Crippen molar-refractivity contribution in [2.24, 2.45) is 0 Å². The minimum atomic E-state index is 0.218. The highest BCUT2D eigenvalue weighted by molar-refractivity contribution is 5.63. The number of hydrogen-bond donors (Lipinski definition) is 1. The van der Waals surface area contributed by atoms with E-state index in [1.54, 1.807) is 6.07 Å². The fraction of sp³-hybridized carbons (Fsp3) is 0.462. The topological polar surface area (TPSA) is 62.3 Å². The van der Waals surface area contributed by atoms with E-state index >= 15 is 0 Å². The Kier molecular flexibility index (Phi) is 3.21. The number of nitrogens with zero attached hydrogens (tertiary/aromatic N) is 2. The van der Waals surface area contributed by atoms with Gasteiger partial charge in [0.15, 0.2) is 0 Å². The molecule has 0 radical (unpaired) electrons. The Morgan fingerprint density at radius 1 is 1.35 bits per heavy atom. The summed E-state index contributed by atoms with van der Waals surface area (Å²) in [4.78, 5) is 2.25. The van der Waals surface area contributed by atoms with Gasteiger partial charge in [0.25, 0.3) is 0 Å². The maximum Gasteiger partial charge on any atom is 0.101 e. The van der Waals surface area contributed by atoms with Crippen molar-refractivity contribution in [3.63, 3.8) is 0 Å². The number of anilines is 2. The normalized spacial score (nSPS) is 24.4. The third-order valence-electron chi connectivity index (χ3n) is 2.94. The molecule has 2 atom stereocenters. The van der Waals surface area contributed by atoms with E-state index in [0.717, 1.165) is 18.8 Å². The van der Waals surface area contributed by atoms with Gasteiger partial charge in [0.2, 0.25) is 0 Å². The molecule has 1 saturated heterocycles. The Morgan fingerprint density at radius 3 is 2.53 bits per heavy atom. The maximum atomic E-state index is 8.84. The van der Waals surface area contributed by atoms with Gasteiger partial charge in [-0.1, -0.05) is 0 Å².